The predicted molar refractivity (Wildman–Crippen MR) is 14.4 cm³/mol. The average Bonchev–Trinajstić information content (AvgIpc) is 0.811. The fourth-order valence-electron chi connectivity index (χ4n) is 0. The van der Waals surface area contributed by atoms with E-state index in [-0.39, 0.29) is 70.9 Å². The van der Waals surface area contributed by atoms with Crippen LogP contribution in [0.15, 0.2) is 0 Å². The quantitative estimate of drug-likeness (QED) is 0.466. The van der Waals surface area contributed by atoms with E-state index in [4.69, 9.17) is 9.90 Å². The van der Waals surface area contributed by atoms with Crippen LogP contribution in [-0.2, 0) is 4.79 Å². The van der Waals surface area contributed by atoms with Crippen molar-refractivity contribution in [1.29, 1.82) is 0 Å². The maximum atomic E-state index is 9.00. The van der Waals surface area contributed by atoms with E-state index in [0.717, 1.165) is 6.92 Å². The largest absolute Gasteiger partial charge is 1.00 e. The molecule has 6 heavy (non-hydrogen) atoms. The van der Waals surface area contributed by atoms with E-state index in [1.54, 1.807) is 0 Å². The van der Waals surface area contributed by atoms with Gasteiger partial charge in [0.05, 0.1) is 0 Å². The number of carbonyl (C=O) groups is 1. The molecule has 34 valence electrons. The summed E-state index contributed by atoms with van der Waals surface area (Å²) in [4.78, 5) is 9.00. The van der Waals surface area contributed by atoms with Crippen LogP contribution in [0.5, 0.6) is 0 Å². The third-order valence-electron chi connectivity index (χ3n) is 0. The fraction of sp³-hybridized carbons (Fsp3) is 0.500. The van der Waals surface area contributed by atoms with Gasteiger partial charge in [0.15, 0.2) is 0 Å². The second-order valence-corrected chi connectivity index (χ2v) is 0.519. The third kappa shape index (κ3) is 41.4. The maximum Gasteiger partial charge on any atom is 1.00 e. The molecule has 0 aromatic carbocycles. The summed E-state index contributed by atoms with van der Waals surface area (Å²) in [6, 6.07) is 0. The first-order valence-corrected chi connectivity index (χ1v) is 0.928. The fourth-order valence-corrected chi connectivity index (χ4v) is 0. The van der Waals surface area contributed by atoms with Crippen LogP contribution in [0.3, 0.4) is 0 Å². The Labute approximate surface area is 92.1 Å². The van der Waals surface area contributed by atoms with Crippen molar-refractivity contribution in [3.05, 3.63) is 0 Å². The first-order chi connectivity index (χ1) is 1.73. The Kier molecular flexibility index (Phi) is 25.9. The van der Waals surface area contributed by atoms with Gasteiger partial charge in [0.25, 0.3) is 5.97 Å². The molecule has 0 saturated carbocycles. The predicted octanol–water partition coefficient (Wildman–Crippen LogP) is -2.79. The van der Waals surface area contributed by atoms with Crippen molar-refractivity contribution < 1.29 is 80.8 Å². The van der Waals surface area contributed by atoms with Crippen molar-refractivity contribution in [3.8, 4) is 0 Å². The molecule has 0 aliphatic carbocycles. The van der Waals surface area contributed by atoms with Crippen LogP contribution in [0.1, 0.15) is 8.35 Å². The van der Waals surface area contributed by atoms with E-state index in [2.05, 4.69) is 0 Å². The first-order valence-electron chi connectivity index (χ1n) is 0.928. The molecule has 0 radical (unpaired) electrons. The van der Waals surface area contributed by atoms with Crippen molar-refractivity contribution in [2.45, 2.75) is 6.92 Å². The molecule has 0 aromatic heterocycles. The Morgan fingerprint density at radius 3 is 1.83 bits per heavy atom. The summed E-state index contributed by atoms with van der Waals surface area (Å²) >= 11 is 0. The van der Waals surface area contributed by atoms with Gasteiger partial charge >= 0.3 is 29.6 Å². The summed E-state index contributed by atoms with van der Waals surface area (Å²) < 4.78 is 0. The molecule has 2 nitrogen and oxygen atoms in total. The summed E-state index contributed by atoms with van der Waals surface area (Å²) in [5.41, 5.74) is 0. The van der Waals surface area contributed by atoms with E-state index in [1.165, 1.54) is 0 Å². The summed E-state index contributed by atoms with van der Waals surface area (Å²) in [6.45, 7) is 1.08. The minimum atomic E-state index is -0.833. The van der Waals surface area contributed by atoms with E-state index < -0.39 is 5.97 Å². The zero-order chi connectivity index (χ0) is 3.58. The van der Waals surface area contributed by atoms with Gasteiger partial charge in [-0.15, -0.1) is 0 Å². The Morgan fingerprint density at radius 1 is 1.83 bits per heavy atom. The molecule has 0 unspecified atom stereocenters. The normalized spacial score (nSPS) is 4.17. The number of rotatable bonds is 0. The van der Waals surface area contributed by atoms with E-state index >= 15 is 0 Å². The molecule has 0 aliphatic heterocycles. The molecule has 0 saturated heterocycles. The van der Waals surface area contributed by atoms with E-state index in [1.807, 2.05) is 0 Å². The van der Waals surface area contributed by atoms with Gasteiger partial charge in [-0.3, -0.25) is 4.79 Å². The molecule has 4 heteroatoms. The van der Waals surface area contributed by atoms with Gasteiger partial charge in [-0.1, -0.05) is 0 Å². The zero-order valence-electron chi connectivity index (χ0n) is 4.71. The topological polar surface area (TPSA) is 37.3 Å². The second-order valence-electron chi connectivity index (χ2n) is 0.519. The van der Waals surface area contributed by atoms with Gasteiger partial charge in [-0.25, -0.2) is 0 Å². The molecule has 0 amide bonds. The molecule has 0 atom stereocenters. The monoisotopic (exact) mass is 242 g/mol. The number of hydrogen-bond donors (Lipinski definition) is 1. The SMILES string of the molecule is CC(=O)O.[Gd].[H-].[Na+]. The van der Waals surface area contributed by atoms with Crippen LogP contribution < -0.4 is 29.6 Å². The van der Waals surface area contributed by atoms with Gasteiger partial charge < -0.3 is 6.53 Å². The van der Waals surface area contributed by atoms with Crippen LogP contribution >= 0.6 is 0 Å². The van der Waals surface area contributed by atoms with Gasteiger partial charge in [-0.2, -0.15) is 0 Å². The van der Waals surface area contributed by atoms with Gasteiger partial charge in [-0.05, 0) is 0 Å². The van der Waals surface area contributed by atoms with Crippen molar-refractivity contribution in [2.75, 3.05) is 0 Å². The molecule has 0 aromatic rings. The summed E-state index contributed by atoms with van der Waals surface area (Å²) in [5.74, 6) is -0.833. The average molecular weight is 241 g/mol. The molecular weight excluding hydrogens is 236 g/mol. The molecule has 0 bridgehead atoms. The van der Waals surface area contributed by atoms with E-state index in [9.17, 15) is 0 Å². The molecule has 1 N–H and O–H groups in total. The van der Waals surface area contributed by atoms with Crippen LogP contribution in [0.25, 0.3) is 0 Å². The summed E-state index contributed by atoms with van der Waals surface area (Å²) in [5, 5.41) is 7.42. The second kappa shape index (κ2) is 9.92. The van der Waals surface area contributed by atoms with E-state index in [0.29, 0.717) is 0 Å². The summed E-state index contributed by atoms with van der Waals surface area (Å²) in [6.07, 6.45) is 0. The van der Waals surface area contributed by atoms with Crippen LogP contribution in [0.4, 0.5) is 0 Å². The summed E-state index contributed by atoms with van der Waals surface area (Å²) in [7, 11) is 0. The van der Waals surface area contributed by atoms with Crippen molar-refractivity contribution in [2.24, 2.45) is 0 Å². The van der Waals surface area contributed by atoms with Gasteiger partial charge in [0, 0.05) is 46.9 Å². The zero-order valence-corrected chi connectivity index (χ0v) is 7.98. The molecule has 0 spiro atoms. The Morgan fingerprint density at radius 2 is 1.83 bits per heavy atom. The smallest absolute Gasteiger partial charge is 1.00 e. The molecule has 0 heterocycles. The van der Waals surface area contributed by atoms with Crippen molar-refractivity contribution >= 4 is 5.97 Å². The van der Waals surface area contributed by atoms with Gasteiger partial charge in [0.2, 0.25) is 0 Å². The molecular formula is C2H5GdNaO2. The first kappa shape index (κ1) is 15.7. The maximum absolute atomic E-state index is 9.00. The van der Waals surface area contributed by atoms with Crippen LogP contribution in [-0.4, -0.2) is 11.1 Å². The molecule has 0 fully saturated rings. The third-order valence-corrected chi connectivity index (χ3v) is 0. The minimum Gasteiger partial charge on any atom is -1.00 e. The minimum absolute atomic E-state index is 0. The molecule has 0 rings (SSSR count). The standard InChI is InChI=1S/C2H4O2.Gd.Na.H/c1-2(3)4;;;/h1H3,(H,3,4);;;/q;;+1;-1. The van der Waals surface area contributed by atoms with Crippen LogP contribution in [0.2, 0.25) is 0 Å². The Hall–Kier alpha value is 1.79. The Bertz CT molecular complexity index is 38.7. The van der Waals surface area contributed by atoms with Crippen molar-refractivity contribution in [1.82, 2.24) is 0 Å². The number of carboxylic acid groups (broad SMARTS) is 1. The Balaban J connectivity index is -0.0000000150. The van der Waals surface area contributed by atoms with Crippen LogP contribution in [0, 0.1) is 39.9 Å². The van der Waals surface area contributed by atoms with Crippen molar-refractivity contribution in [3.63, 3.8) is 0 Å². The molecule has 0 aliphatic rings. The number of aliphatic carboxylic acids is 1. The van der Waals surface area contributed by atoms with Gasteiger partial charge in [0.1, 0.15) is 0 Å². The number of carboxylic acids is 1. The number of hydrogen-bond acceptors (Lipinski definition) is 1.